The molecular weight excluding hydrogens is 753 g/mol. The number of allylic oxidation sites excluding steroid dienone is 4. The highest BCUT2D eigenvalue weighted by molar-refractivity contribution is 6.07. The van der Waals surface area contributed by atoms with Crippen LogP contribution in [0.1, 0.15) is 11.1 Å². The van der Waals surface area contributed by atoms with Crippen molar-refractivity contribution in [2.45, 2.75) is 6.04 Å². The molecule has 0 saturated heterocycles. The van der Waals surface area contributed by atoms with Crippen LogP contribution < -0.4 is 5.32 Å². The molecule has 1 atom stereocenters. The van der Waals surface area contributed by atoms with Crippen LogP contribution in [-0.2, 0) is 0 Å². The van der Waals surface area contributed by atoms with Crippen LogP contribution in [0.5, 0.6) is 0 Å². The number of nitrogens with zero attached hydrogens (tertiary/aromatic N) is 3. The van der Waals surface area contributed by atoms with E-state index in [1.54, 1.807) is 0 Å². The summed E-state index contributed by atoms with van der Waals surface area (Å²) in [5.74, 6) is 0. The molecule has 290 valence electrons. The van der Waals surface area contributed by atoms with Gasteiger partial charge in [-0.3, -0.25) is 4.98 Å². The van der Waals surface area contributed by atoms with E-state index < -0.39 is 0 Å². The van der Waals surface area contributed by atoms with Crippen molar-refractivity contribution in [3.05, 3.63) is 235 Å². The summed E-state index contributed by atoms with van der Waals surface area (Å²) in [6.45, 7) is 0. The average molecular weight is 791 g/mol. The SMILES string of the molecule is C1=CC2=CC=C(c3ccc4ccc(-c5ccc(-c6ccc7ccc8cccnc8c7n6)c6ccccc56)nc4c3)NC2C=C1c1cc(-c2ccccc2)cc(-c2ccccc2)c1. The second-order valence-corrected chi connectivity index (χ2v) is 16.1. The van der Waals surface area contributed by atoms with Crippen LogP contribution in [0.25, 0.3) is 99.5 Å². The maximum absolute atomic E-state index is 5.31. The zero-order valence-corrected chi connectivity index (χ0v) is 33.7. The highest BCUT2D eigenvalue weighted by Crippen LogP contribution is 2.38. The molecule has 0 radical (unpaired) electrons. The molecule has 4 heterocycles. The van der Waals surface area contributed by atoms with Crippen LogP contribution in [-0.4, -0.2) is 21.0 Å². The van der Waals surface area contributed by atoms with E-state index >= 15 is 0 Å². The Kier molecular flexibility index (Phi) is 8.53. The van der Waals surface area contributed by atoms with Gasteiger partial charge in [-0.05, 0) is 104 Å². The van der Waals surface area contributed by atoms with E-state index in [4.69, 9.17) is 9.97 Å². The minimum Gasteiger partial charge on any atom is -0.374 e. The summed E-state index contributed by atoms with van der Waals surface area (Å²) in [5, 5.41) is 9.41. The van der Waals surface area contributed by atoms with Crippen LogP contribution in [0.2, 0.25) is 0 Å². The first-order valence-corrected chi connectivity index (χ1v) is 21.1. The van der Waals surface area contributed by atoms with Gasteiger partial charge in [-0.25, -0.2) is 9.97 Å². The van der Waals surface area contributed by atoms with Gasteiger partial charge in [0.1, 0.15) is 0 Å². The molecule has 0 amide bonds. The number of benzene rings is 7. The van der Waals surface area contributed by atoms with Gasteiger partial charge in [0.25, 0.3) is 0 Å². The lowest BCUT2D eigenvalue weighted by Gasteiger charge is -2.27. The van der Waals surface area contributed by atoms with Crippen molar-refractivity contribution < 1.29 is 0 Å². The van der Waals surface area contributed by atoms with Crippen LogP contribution in [0.4, 0.5) is 0 Å². The standard InChI is InChI=1S/C58H38N4/c1-3-10-37(11-4-1)45-32-46(38-12-5-2-6-13-38)34-47(33-45)43-21-17-39-23-28-52(60-55(39)35-43)44-22-18-40-24-29-53(61-56(40)36-44)50-26-27-51(49-16-8-7-15-48(49)50)54-30-25-42-20-19-41-14-9-31-59-57(41)58(42)62-54/h1-36,55,60H. The number of fused-ring (bicyclic) bond motifs is 6. The summed E-state index contributed by atoms with van der Waals surface area (Å²) in [7, 11) is 0. The molecule has 1 unspecified atom stereocenters. The summed E-state index contributed by atoms with van der Waals surface area (Å²) >= 11 is 0. The van der Waals surface area contributed by atoms with Crippen molar-refractivity contribution in [2.75, 3.05) is 0 Å². The fourth-order valence-electron chi connectivity index (χ4n) is 9.12. The Hall–Kier alpha value is -8.21. The summed E-state index contributed by atoms with van der Waals surface area (Å²) in [5.41, 5.74) is 17.4. The minimum atomic E-state index is 0.0301. The molecule has 0 spiro atoms. The lowest BCUT2D eigenvalue weighted by atomic mass is 9.88. The highest BCUT2D eigenvalue weighted by Gasteiger charge is 2.21. The second kappa shape index (κ2) is 14.8. The van der Waals surface area contributed by atoms with Gasteiger partial charge < -0.3 is 5.32 Å². The minimum absolute atomic E-state index is 0.0301. The largest absolute Gasteiger partial charge is 0.374 e. The molecule has 12 rings (SSSR count). The highest BCUT2D eigenvalue weighted by atomic mass is 14.9. The van der Waals surface area contributed by atoms with E-state index in [0.29, 0.717) is 0 Å². The molecule has 0 bridgehead atoms. The van der Waals surface area contributed by atoms with Crippen LogP contribution in [0, 0.1) is 0 Å². The number of hydrogen-bond donors (Lipinski definition) is 1. The van der Waals surface area contributed by atoms with E-state index in [9.17, 15) is 0 Å². The fourth-order valence-corrected chi connectivity index (χ4v) is 9.12. The molecule has 7 aromatic carbocycles. The molecule has 2 aliphatic rings. The summed E-state index contributed by atoms with van der Waals surface area (Å²) < 4.78 is 0. The van der Waals surface area contributed by atoms with Gasteiger partial charge in [-0.1, -0.05) is 164 Å². The van der Waals surface area contributed by atoms with Crippen molar-refractivity contribution in [3.8, 4) is 44.8 Å². The van der Waals surface area contributed by atoms with Gasteiger partial charge in [0.15, 0.2) is 0 Å². The van der Waals surface area contributed by atoms with Crippen molar-refractivity contribution in [1.29, 1.82) is 0 Å². The van der Waals surface area contributed by atoms with Gasteiger partial charge in [-0.15, -0.1) is 0 Å². The number of nitrogens with one attached hydrogen (secondary N) is 1. The molecule has 1 N–H and O–H groups in total. The Labute approximate surface area is 359 Å². The molecule has 62 heavy (non-hydrogen) atoms. The number of aromatic nitrogens is 3. The molecule has 4 nitrogen and oxygen atoms in total. The Morgan fingerprint density at radius 3 is 1.76 bits per heavy atom. The van der Waals surface area contributed by atoms with Crippen molar-refractivity contribution >= 4 is 54.8 Å². The predicted octanol–water partition coefficient (Wildman–Crippen LogP) is 14.0. The maximum Gasteiger partial charge on any atom is 0.0972 e. The summed E-state index contributed by atoms with van der Waals surface area (Å²) in [6.07, 6.45) is 13.1. The molecule has 1 aliphatic carbocycles. The quantitative estimate of drug-likeness (QED) is 0.170. The van der Waals surface area contributed by atoms with E-state index in [1.807, 2.05) is 12.3 Å². The van der Waals surface area contributed by atoms with E-state index in [0.717, 1.165) is 77.3 Å². The molecule has 4 heteroatoms. The van der Waals surface area contributed by atoms with Crippen LogP contribution >= 0.6 is 0 Å². The molecular formula is C58H38N4. The molecule has 0 saturated carbocycles. The van der Waals surface area contributed by atoms with Crippen LogP contribution in [0.15, 0.2) is 224 Å². The third-order valence-corrected chi connectivity index (χ3v) is 12.3. The normalized spacial score (nSPS) is 14.6. The lowest BCUT2D eigenvalue weighted by Crippen LogP contribution is -2.31. The number of pyridine rings is 3. The molecule has 0 fully saturated rings. The summed E-state index contributed by atoms with van der Waals surface area (Å²) in [6, 6.07) is 64.7. The monoisotopic (exact) mass is 790 g/mol. The van der Waals surface area contributed by atoms with Crippen molar-refractivity contribution in [1.82, 2.24) is 20.3 Å². The lowest BCUT2D eigenvalue weighted by molar-refractivity contribution is 0.815. The van der Waals surface area contributed by atoms with Crippen molar-refractivity contribution in [3.63, 3.8) is 0 Å². The first-order chi connectivity index (χ1) is 30.7. The predicted molar refractivity (Wildman–Crippen MR) is 258 cm³/mol. The van der Waals surface area contributed by atoms with Crippen LogP contribution in [0.3, 0.4) is 0 Å². The zero-order valence-electron chi connectivity index (χ0n) is 33.7. The number of rotatable bonds is 6. The third-order valence-electron chi connectivity index (χ3n) is 12.3. The molecule has 3 aromatic heterocycles. The average Bonchev–Trinajstić information content (AvgIpc) is 3.35. The van der Waals surface area contributed by atoms with Gasteiger partial charge in [-0.2, -0.15) is 0 Å². The topological polar surface area (TPSA) is 50.7 Å². The van der Waals surface area contributed by atoms with Gasteiger partial charge in [0.2, 0.25) is 0 Å². The smallest absolute Gasteiger partial charge is 0.0972 e. The fraction of sp³-hybridized carbons (Fsp3) is 0.0172. The first kappa shape index (κ1) is 35.7. The number of dihydropyridines is 1. The van der Waals surface area contributed by atoms with Gasteiger partial charge in [0.05, 0.1) is 34.0 Å². The van der Waals surface area contributed by atoms with E-state index in [1.165, 1.54) is 39.0 Å². The van der Waals surface area contributed by atoms with Gasteiger partial charge >= 0.3 is 0 Å². The Morgan fingerprint density at radius 1 is 0.419 bits per heavy atom. The zero-order chi connectivity index (χ0) is 41.0. The maximum atomic E-state index is 5.31. The first-order valence-electron chi connectivity index (χ1n) is 21.1. The summed E-state index contributed by atoms with van der Waals surface area (Å²) in [4.78, 5) is 15.2. The second-order valence-electron chi connectivity index (χ2n) is 16.1. The van der Waals surface area contributed by atoms with Crippen molar-refractivity contribution in [2.24, 2.45) is 0 Å². The third kappa shape index (κ3) is 6.37. The Morgan fingerprint density at radius 2 is 1.03 bits per heavy atom. The Bertz CT molecular complexity index is 3490. The van der Waals surface area contributed by atoms with Gasteiger partial charge in [0, 0.05) is 39.2 Å². The van der Waals surface area contributed by atoms with E-state index in [-0.39, 0.29) is 6.04 Å². The number of hydrogen-bond acceptors (Lipinski definition) is 4. The molecule has 10 aromatic rings. The molecule has 1 aliphatic heterocycles. The Balaban J connectivity index is 0.869. The van der Waals surface area contributed by atoms with E-state index in [2.05, 4.69) is 217 Å².